The number of amides is 1. The normalized spacial score (nSPS) is 13.9. The molecule has 0 saturated carbocycles. The van der Waals surface area contributed by atoms with E-state index in [0.29, 0.717) is 11.4 Å². The summed E-state index contributed by atoms with van der Waals surface area (Å²) in [5, 5.41) is 10.7. The molecule has 0 fully saturated rings. The van der Waals surface area contributed by atoms with Gasteiger partial charge in [0.15, 0.2) is 0 Å². The van der Waals surface area contributed by atoms with Crippen molar-refractivity contribution in [3.63, 3.8) is 0 Å². The average Bonchev–Trinajstić information content (AvgIpc) is 2.95. The molecule has 2 heterocycles. The second kappa shape index (κ2) is 5.29. The topological polar surface area (TPSA) is 63.5 Å². The molecule has 6 heteroatoms. The van der Waals surface area contributed by atoms with Gasteiger partial charge in [-0.05, 0) is 37.5 Å². The van der Waals surface area contributed by atoms with Crippen molar-refractivity contribution in [2.75, 3.05) is 11.4 Å². The molecule has 0 bridgehead atoms. The molecule has 1 aliphatic rings. The van der Waals surface area contributed by atoms with E-state index < -0.39 is 4.92 Å². The summed E-state index contributed by atoms with van der Waals surface area (Å²) < 4.78 is 0. The molecule has 1 aromatic carbocycles. The first-order valence-corrected chi connectivity index (χ1v) is 7.53. The standard InChI is InChI=1S/C15H14N2O3S/c1-10-4-5-12-11(9-10)3-2-8-16(12)15(18)13-6-7-14(21-13)17(19)20/h4-7,9H,2-3,8H2,1H3. The Bertz CT molecular complexity index is 723. The highest BCUT2D eigenvalue weighted by molar-refractivity contribution is 7.17. The fraction of sp³-hybridized carbons (Fsp3) is 0.267. The molecule has 0 radical (unpaired) electrons. The maximum atomic E-state index is 12.6. The molecule has 1 aromatic heterocycles. The predicted octanol–water partition coefficient (Wildman–Crippen LogP) is 3.56. The number of carbonyl (C=O) groups is 1. The van der Waals surface area contributed by atoms with Crippen LogP contribution in [-0.4, -0.2) is 17.4 Å². The fourth-order valence-corrected chi connectivity index (χ4v) is 3.38. The molecule has 21 heavy (non-hydrogen) atoms. The quantitative estimate of drug-likeness (QED) is 0.629. The van der Waals surface area contributed by atoms with Crippen molar-refractivity contribution in [3.8, 4) is 0 Å². The van der Waals surface area contributed by atoms with Gasteiger partial charge in [-0.3, -0.25) is 14.9 Å². The summed E-state index contributed by atoms with van der Waals surface area (Å²) >= 11 is 0.930. The highest BCUT2D eigenvalue weighted by Crippen LogP contribution is 2.32. The molecule has 0 saturated heterocycles. The van der Waals surface area contributed by atoms with Gasteiger partial charge in [0.05, 0.1) is 9.80 Å². The van der Waals surface area contributed by atoms with E-state index in [1.54, 1.807) is 4.90 Å². The van der Waals surface area contributed by atoms with Crippen molar-refractivity contribution in [3.05, 3.63) is 56.5 Å². The fourth-order valence-electron chi connectivity index (χ4n) is 2.61. The van der Waals surface area contributed by atoms with Crippen LogP contribution in [0.25, 0.3) is 0 Å². The Morgan fingerprint density at radius 3 is 2.86 bits per heavy atom. The first kappa shape index (κ1) is 13.8. The predicted molar refractivity (Wildman–Crippen MR) is 82.1 cm³/mol. The molecule has 0 unspecified atom stereocenters. The van der Waals surface area contributed by atoms with Gasteiger partial charge >= 0.3 is 5.00 Å². The SMILES string of the molecule is Cc1ccc2c(c1)CCCN2C(=O)c1ccc([N+](=O)[O-])s1. The van der Waals surface area contributed by atoms with E-state index in [0.717, 1.165) is 29.9 Å². The van der Waals surface area contributed by atoms with Gasteiger partial charge in [0.1, 0.15) is 0 Å². The van der Waals surface area contributed by atoms with Crippen molar-refractivity contribution >= 4 is 27.9 Å². The second-order valence-electron chi connectivity index (χ2n) is 5.09. The highest BCUT2D eigenvalue weighted by atomic mass is 32.1. The van der Waals surface area contributed by atoms with Crippen LogP contribution in [-0.2, 0) is 6.42 Å². The number of nitro groups is 1. The molecule has 0 aliphatic carbocycles. The van der Waals surface area contributed by atoms with Crippen LogP contribution < -0.4 is 4.90 Å². The lowest BCUT2D eigenvalue weighted by Crippen LogP contribution is -2.35. The number of nitrogens with zero attached hydrogens (tertiary/aromatic N) is 2. The first-order valence-electron chi connectivity index (χ1n) is 6.72. The number of hydrogen-bond acceptors (Lipinski definition) is 4. The van der Waals surface area contributed by atoms with Crippen molar-refractivity contribution < 1.29 is 9.72 Å². The monoisotopic (exact) mass is 302 g/mol. The smallest absolute Gasteiger partial charge is 0.307 e. The number of thiophene rings is 1. The number of aryl methyl sites for hydroxylation is 2. The Morgan fingerprint density at radius 1 is 1.33 bits per heavy atom. The Morgan fingerprint density at radius 2 is 2.14 bits per heavy atom. The summed E-state index contributed by atoms with van der Waals surface area (Å²) in [4.78, 5) is 25.0. The van der Waals surface area contributed by atoms with Gasteiger partial charge in [0.2, 0.25) is 0 Å². The number of anilines is 1. The Labute approximate surface area is 126 Å². The van der Waals surface area contributed by atoms with E-state index in [9.17, 15) is 14.9 Å². The third-order valence-electron chi connectivity index (χ3n) is 3.58. The molecule has 108 valence electrons. The molecule has 2 aromatic rings. The zero-order valence-corrected chi connectivity index (χ0v) is 12.4. The molecule has 5 nitrogen and oxygen atoms in total. The molecule has 0 spiro atoms. The van der Waals surface area contributed by atoms with Gasteiger partial charge in [-0.15, -0.1) is 0 Å². The third kappa shape index (κ3) is 2.54. The Balaban J connectivity index is 1.94. The molecule has 0 atom stereocenters. The van der Waals surface area contributed by atoms with Crippen molar-refractivity contribution in [1.82, 2.24) is 0 Å². The van der Waals surface area contributed by atoms with E-state index in [4.69, 9.17) is 0 Å². The maximum absolute atomic E-state index is 12.6. The summed E-state index contributed by atoms with van der Waals surface area (Å²) in [7, 11) is 0. The minimum absolute atomic E-state index is 0.000473. The van der Waals surface area contributed by atoms with E-state index in [2.05, 4.69) is 6.07 Å². The van der Waals surface area contributed by atoms with Crippen molar-refractivity contribution in [1.29, 1.82) is 0 Å². The molecule has 1 amide bonds. The zero-order chi connectivity index (χ0) is 15.0. The van der Waals surface area contributed by atoms with E-state index in [-0.39, 0.29) is 10.9 Å². The van der Waals surface area contributed by atoms with Crippen LogP contribution in [0.3, 0.4) is 0 Å². The first-order chi connectivity index (χ1) is 10.1. The zero-order valence-electron chi connectivity index (χ0n) is 11.5. The van der Waals surface area contributed by atoms with Gasteiger partial charge in [-0.1, -0.05) is 29.0 Å². The lowest BCUT2D eigenvalue weighted by atomic mass is 9.99. The summed E-state index contributed by atoms with van der Waals surface area (Å²) in [5.74, 6) is -0.155. The van der Waals surface area contributed by atoms with Crippen molar-refractivity contribution in [2.45, 2.75) is 19.8 Å². The largest absolute Gasteiger partial charge is 0.324 e. The van der Waals surface area contributed by atoms with E-state index in [1.165, 1.54) is 23.3 Å². The number of hydrogen-bond donors (Lipinski definition) is 0. The average molecular weight is 302 g/mol. The minimum atomic E-state index is -0.463. The molecule has 3 rings (SSSR count). The van der Waals surface area contributed by atoms with Crippen LogP contribution in [0.4, 0.5) is 10.7 Å². The number of fused-ring (bicyclic) bond motifs is 1. The molecular weight excluding hydrogens is 288 g/mol. The number of carbonyl (C=O) groups excluding carboxylic acids is 1. The van der Waals surface area contributed by atoms with Gasteiger partial charge in [0, 0.05) is 18.3 Å². The van der Waals surface area contributed by atoms with Crippen LogP contribution in [0.1, 0.15) is 27.2 Å². The van der Waals surface area contributed by atoms with Gasteiger partial charge in [0.25, 0.3) is 5.91 Å². The number of rotatable bonds is 2. The maximum Gasteiger partial charge on any atom is 0.324 e. The van der Waals surface area contributed by atoms with Crippen LogP contribution in [0, 0.1) is 17.0 Å². The summed E-state index contributed by atoms with van der Waals surface area (Å²) in [6.45, 7) is 2.68. The lowest BCUT2D eigenvalue weighted by Gasteiger charge is -2.29. The van der Waals surface area contributed by atoms with Crippen LogP contribution in [0.15, 0.2) is 30.3 Å². The highest BCUT2D eigenvalue weighted by Gasteiger charge is 2.26. The number of benzene rings is 1. The van der Waals surface area contributed by atoms with Gasteiger partial charge < -0.3 is 4.90 Å². The van der Waals surface area contributed by atoms with E-state index in [1.807, 2.05) is 19.1 Å². The van der Waals surface area contributed by atoms with Crippen molar-refractivity contribution in [2.24, 2.45) is 0 Å². The van der Waals surface area contributed by atoms with Crippen LogP contribution >= 0.6 is 11.3 Å². The van der Waals surface area contributed by atoms with E-state index >= 15 is 0 Å². The minimum Gasteiger partial charge on any atom is -0.307 e. The van der Waals surface area contributed by atoms with Gasteiger partial charge in [-0.25, -0.2) is 0 Å². The lowest BCUT2D eigenvalue weighted by molar-refractivity contribution is -0.380. The molecule has 1 aliphatic heterocycles. The Kier molecular flexibility index (Phi) is 3.47. The summed E-state index contributed by atoms with van der Waals surface area (Å²) in [6, 6.07) is 8.97. The molecule has 0 N–H and O–H groups in total. The Hall–Kier alpha value is -2.21. The third-order valence-corrected chi connectivity index (χ3v) is 4.61. The van der Waals surface area contributed by atoms with Crippen LogP contribution in [0.5, 0.6) is 0 Å². The second-order valence-corrected chi connectivity index (χ2v) is 6.15. The van der Waals surface area contributed by atoms with Gasteiger partial charge in [-0.2, -0.15) is 0 Å². The molecular formula is C15H14N2O3S. The van der Waals surface area contributed by atoms with Crippen LogP contribution in [0.2, 0.25) is 0 Å². The summed E-state index contributed by atoms with van der Waals surface area (Å²) in [5.41, 5.74) is 3.27. The summed E-state index contributed by atoms with van der Waals surface area (Å²) in [6.07, 6.45) is 1.88.